The van der Waals surface area contributed by atoms with Gasteiger partial charge in [0, 0.05) is 32.0 Å². The van der Waals surface area contributed by atoms with Crippen molar-refractivity contribution in [1.82, 2.24) is 29.7 Å². The molecule has 41 heavy (non-hydrogen) atoms. The van der Waals surface area contributed by atoms with Crippen LogP contribution in [0.25, 0.3) is 11.2 Å². The van der Waals surface area contributed by atoms with Gasteiger partial charge in [-0.15, -0.1) is 0 Å². The minimum Gasteiger partial charge on any atom is -0.438 e. The Kier molecular flexibility index (Phi) is 7.79. The number of anilines is 1. The number of nitrogen functional groups attached to an aromatic ring is 1. The second-order valence-electron chi connectivity index (χ2n) is 11.6. The van der Waals surface area contributed by atoms with Crippen LogP contribution in [0.3, 0.4) is 0 Å². The molecule has 0 aromatic carbocycles. The Hall–Kier alpha value is -3.36. The van der Waals surface area contributed by atoms with E-state index >= 15 is 0 Å². The van der Waals surface area contributed by atoms with Crippen LogP contribution in [0.2, 0.25) is 0 Å². The van der Waals surface area contributed by atoms with Crippen LogP contribution in [-0.4, -0.2) is 96.0 Å². The fourth-order valence-electron chi connectivity index (χ4n) is 5.96. The van der Waals surface area contributed by atoms with Crippen molar-refractivity contribution in [2.45, 2.75) is 101 Å². The fraction of sp³-hybridized carbons (Fsp3) is 0.704. The van der Waals surface area contributed by atoms with Gasteiger partial charge in [-0.2, -0.15) is 0 Å². The molecule has 2 saturated carbocycles. The maximum absolute atomic E-state index is 12.5. The molecule has 2 aromatic heterocycles. The summed E-state index contributed by atoms with van der Waals surface area (Å²) in [6.45, 7) is 1.21. The summed E-state index contributed by atoms with van der Waals surface area (Å²) in [6, 6.07) is 0.0937. The maximum Gasteiger partial charge on any atom is 0.410 e. The lowest BCUT2D eigenvalue weighted by atomic mass is 9.91. The summed E-state index contributed by atoms with van der Waals surface area (Å²) < 4.78 is 12.7. The number of carbonyl (C=O) groups is 3. The van der Waals surface area contributed by atoms with Crippen molar-refractivity contribution in [2.75, 3.05) is 18.8 Å². The second-order valence-corrected chi connectivity index (χ2v) is 11.6. The molecule has 4 fully saturated rings. The minimum absolute atomic E-state index is 0.0160. The predicted octanol–water partition coefficient (Wildman–Crippen LogP) is 0.599. The number of ether oxygens (including phenoxy) is 2. The lowest BCUT2D eigenvalue weighted by Crippen LogP contribution is -2.43. The zero-order valence-electron chi connectivity index (χ0n) is 22.9. The highest BCUT2D eigenvalue weighted by Gasteiger charge is 2.48. The average Bonchev–Trinajstić information content (AvgIpc) is 3.39. The largest absolute Gasteiger partial charge is 0.438 e. The van der Waals surface area contributed by atoms with Gasteiger partial charge in [-0.05, 0) is 57.3 Å². The third-order valence-electron chi connectivity index (χ3n) is 8.57. The summed E-state index contributed by atoms with van der Waals surface area (Å²) in [7, 11) is 0. The number of nitrogens with two attached hydrogens (primary N) is 1. The van der Waals surface area contributed by atoms with Crippen molar-refractivity contribution in [3.8, 4) is 0 Å². The van der Waals surface area contributed by atoms with Gasteiger partial charge in [-0.3, -0.25) is 14.2 Å². The van der Waals surface area contributed by atoms with Gasteiger partial charge in [-0.25, -0.2) is 19.7 Å². The standard InChI is InChI=1S/C27H37N7O7/c28-23-19-24(34(13-29-19)26-21(37)20(36)22(41-26)25(38)30-15-7-8-15)32-18(31-23)6-1-3-14-9-11-33(12-10-14)27(39)40-17-5-2-4-16(17)35/h13-15,17,20-22,26,36-37H,1-12H2,(H,30,38)(H2,28,31,32)/t17?,20?,21-,22-,26+/m0/s1. The highest BCUT2D eigenvalue weighted by Crippen LogP contribution is 2.33. The number of likely N-dealkylation sites (tertiary alicyclic amines) is 1. The number of aliphatic hydroxyl groups excluding tert-OH is 2. The summed E-state index contributed by atoms with van der Waals surface area (Å²) in [4.78, 5) is 51.7. The summed E-state index contributed by atoms with van der Waals surface area (Å²) in [5, 5.41) is 24.0. The van der Waals surface area contributed by atoms with Crippen LogP contribution in [0.4, 0.5) is 10.6 Å². The van der Waals surface area contributed by atoms with Gasteiger partial charge in [0.05, 0.1) is 6.33 Å². The molecule has 4 aliphatic rings. The van der Waals surface area contributed by atoms with Crippen LogP contribution in [0.5, 0.6) is 0 Å². The number of piperidine rings is 1. The number of hydrogen-bond acceptors (Lipinski definition) is 11. The molecule has 14 heteroatoms. The first-order valence-corrected chi connectivity index (χ1v) is 14.6. The molecule has 2 saturated heterocycles. The number of aliphatic hydroxyl groups is 2. The molecule has 2 aliphatic heterocycles. The van der Waals surface area contributed by atoms with Gasteiger partial charge in [0.1, 0.15) is 23.5 Å². The van der Waals surface area contributed by atoms with E-state index in [4.69, 9.17) is 15.2 Å². The van der Waals surface area contributed by atoms with Gasteiger partial charge in [-0.1, -0.05) is 0 Å². The van der Waals surface area contributed by atoms with Crippen molar-refractivity contribution >= 4 is 34.8 Å². The number of nitrogens with zero attached hydrogens (tertiary/aromatic N) is 5. The van der Waals surface area contributed by atoms with Gasteiger partial charge in [0.25, 0.3) is 5.91 Å². The summed E-state index contributed by atoms with van der Waals surface area (Å²) in [5.41, 5.74) is 6.89. The Morgan fingerprint density at radius 2 is 1.90 bits per heavy atom. The third-order valence-corrected chi connectivity index (χ3v) is 8.57. The first-order chi connectivity index (χ1) is 19.8. The van der Waals surface area contributed by atoms with Crippen LogP contribution >= 0.6 is 0 Å². The molecule has 6 rings (SSSR count). The highest BCUT2D eigenvalue weighted by atomic mass is 16.6. The summed E-state index contributed by atoms with van der Waals surface area (Å²) >= 11 is 0. The number of fused-ring (bicyclic) bond motifs is 1. The molecule has 0 radical (unpaired) electrons. The average molecular weight is 572 g/mol. The van der Waals surface area contributed by atoms with Crippen LogP contribution in [0.1, 0.15) is 69.8 Å². The molecule has 2 amide bonds. The highest BCUT2D eigenvalue weighted by molar-refractivity contribution is 5.87. The van der Waals surface area contributed by atoms with E-state index in [1.807, 2.05) is 0 Å². The molecule has 0 spiro atoms. The predicted molar refractivity (Wildman–Crippen MR) is 143 cm³/mol. The van der Waals surface area contributed by atoms with E-state index in [0.717, 1.165) is 44.9 Å². The Balaban J connectivity index is 1.03. The summed E-state index contributed by atoms with van der Waals surface area (Å²) in [5.74, 6) is 0.734. The van der Waals surface area contributed by atoms with Gasteiger partial charge in [0.2, 0.25) is 0 Å². The van der Waals surface area contributed by atoms with Crippen molar-refractivity contribution in [2.24, 2.45) is 5.92 Å². The molecule has 5 atom stereocenters. The molecule has 222 valence electrons. The molecule has 5 N–H and O–H groups in total. The molecule has 2 unspecified atom stereocenters. The minimum atomic E-state index is -1.40. The van der Waals surface area contributed by atoms with Crippen LogP contribution < -0.4 is 11.1 Å². The molecule has 14 nitrogen and oxygen atoms in total. The Bertz CT molecular complexity index is 1310. The number of nitrogens with one attached hydrogen (secondary N) is 1. The Morgan fingerprint density at radius 1 is 1.12 bits per heavy atom. The molecule has 0 bridgehead atoms. The van der Waals surface area contributed by atoms with E-state index in [-0.39, 0.29) is 17.6 Å². The number of hydrogen-bond donors (Lipinski definition) is 4. The Labute approximate surface area is 236 Å². The van der Waals surface area contributed by atoms with Crippen molar-refractivity contribution < 1.29 is 34.1 Å². The smallest absolute Gasteiger partial charge is 0.410 e. The van der Waals surface area contributed by atoms with Crippen LogP contribution in [-0.2, 0) is 25.5 Å². The molecular weight excluding hydrogens is 534 g/mol. The molecule has 4 heterocycles. The number of amides is 2. The topological polar surface area (TPSA) is 195 Å². The molecule has 2 aliphatic carbocycles. The quantitative estimate of drug-likeness (QED) is 0.346. The Morgan fingerprint density at radius 3 is 2.61 bits per heavy atom. The normalized spacial score (nSPS) is 28.9. The summed E-state index contributed by atoms with van der Waals surface area (Å²) in [6.07, 6.45) is 3.14. The maximum atomic E-state index is 12.5. The monoisotopic (exact) mass is 571 g/mol. The lowest BCUT2D eigenvalue weighted by molar-refractivity contribution is -0.137. The van der Waals surface area contributed by atoms with E-state index in [9.17, 15) is 24.6 Å². The van der Waals surface area contributed by atoms with E-state index in [0.29, 0.717) is 55.3 Å². The second kappa shape index (κ2) is 11.5. The number of rotatable bonds is 8. The SMILES string of the molecule is Nc1nc(CCCC2CCN(C(=O)OC3CCCC3=O)CC2)nc2c1ncn2[C@@H]1O[C@H](C(=O)NC2CC2)C(O)[C@@H]1O. The zero-order chi connectivity index (χ0) is 28.7. The lowest BCUT2D eigenvalue weighted by Gasteiger charge is -2.32. The zero-order valence-corrected chi connectivity index (χ0v) is 22.9. The number of Topliss-reactive ketones (excluding diaryl/α,β-unsaturated/α-hetero) is 1. The van der Waals surface area contributed by atoms with Gasteiger partial charge < -0.3 is 35.6 Å². The first-order valence-electron chi connectivity index (χ1n) is 14.6. The number of imidazole rings is 1. The van der Waals surface area contributed by atoms with Crippen LogP contribution in [0.15, 0.2) is 6.33 Å². The number of aromatic nitrogens is 4. The van der Waals surface area contributed by atoms with E-state index in [1.165, 1.54) is 10.9 Å². The van der Waals surface area contributed by atoms with Crippen molar-refractivity contribution in [3.05, 3.63) is 12.2 Å². The number of ketones is 1. The van der Waals surface area contributed by atoms with E-state index in [1.54, 1.807) is 4.90 Å². The first kappa shape index (κ1) is 27.8. The molecule has 2 aromatic rings. The number of aryl methyl sites for hydroxylation is 1. The van der Waals surface area contributed by atoms with Crippen molar-refractivity contribution in [3.63, 3.8) is 0 Å². The van der Waals surface area contributed by atoms with E-state index in [2.05, 4.69) is 20.3 Å². The van der Waals surface area contributed by atoms with Gasteiger partial charge >= 0.3 is 6.09 Å². The number of carbonyl (C=O) groups excluding carboxylic acids is 3. The van der Waals surface area contributed by atoms with E-state index < -0.39 is 42.6 Å². The fourth-order valence-corrected chi connectivity index (χ4v) is 5.96. The van der Waals surface area contributed by atoms with Crippen molar-refractivity contribution in [1.29, 1.82) is 0 Å². The molecular formula is C27H37N7O7. The van der Waals surface area contributed by atoms with Gasteiger partial charge in [0.15, 0.2) is 35.7 Å². The van der Waals surface area contributed by atoms with Crippen LogP contribution in [0, 0.1) is 5.92 Å². The third kappa shape index (κ3) is 5.86.